The second-order valence-electron chi connectivity index (χ2n) is 5.63. The van der Waals surface area contributed by atoms with E-state index in [1.54, 1.807) is 0 Å². The Bertz CT molecular complexity index is 423. The zero-order valence-electron chi connectivity index (χ0n) is 13.6. The van der Waals surface area contributed by atoms with Gasteiger partial charge >= 0.3 is 0 Å². The molecule has 0 unspecified atom stereocenters. The topological polar surface area (TPSA) is 15.3 Å². The highest BCUT2D eigenvalue weighted by Crippen LogP contribution is 2.23. The molecule has 1 aromatic carbocycles. The van der Waals surface area contributed by atoms with Crippen LogP contribution in [0.4, 0.5) is 0 Å². The van der Waals surface area contributed by atoms with Gasteiger partial charge in [-0.05, 0) is 63.5 Å². The van der Waals surface area contributed by atoms with E-state index in [9.17, 15) is 0 Å². The molecule has 0 amide bonds. The molecule has 0 saturated carbocycles. The lowest BCUT2D eigenvalue weighted by molar-refractivity contribution is 0.330. The van der Waals surface area contributed by atoms with Gasteiger partial charge in [0.25, 0.3) is 0 Å². The summed E-state index contributed by atoms with van der Waals surface area (Å²) in [5.74, 6) is 0. The van der Waals surface area contributed by atoms with Crippen LogP contribution in [0, 0.1) is 6.92 Å². The van der Waals surface area contributed by atoms with Gasteiger partial charge in [-0.3, -0.25) is 0 Å². The summed E-state index contributed by atoms with van der Waals surface area (Å²) in [7, 11) is 4.20. The van der Waals surface area contributed by atoms with Crippen molar-refractivity contribution in [2.75, 3.05) is 33.7 Å². The molecule has 0 atom stereocenters. The zero-order valence-corrected chi connectivity index (χ0v) is 13.6. The molecule has 0 radical (unpaired) electrons. The van der Waals surface area contributed by atoms with Gasteiger partial charge in [0.2, 0.25) is 0 Å². The molecule has 0 heterocycles. The molecule has 0 fully saturated rings. The molecule has 112 valence electrons. The average Bonchev–Trinajstić information content (AvgIpc) is 2.45. The van der Waals surface area contributed by atoms with Gasteiger partial charge in [-0.15, -0.1) is 0 Å². The molecule has 2 nitrogen and oxygen atoms in total. The Balaban J connectivity index is 2.57. The van der Waals surface area contributed by atoms with E-state index < -0.39 is 0 Å². The van der Waals surface area contributed by atoms with E-state index in [0.29, 0.717) is 0 Å². The summed E-state index contributed by atoms with van der Waals surface area (Å²) in [6.45, 7) is 11.9. The van der Waals surface area contributed by atoms with Gasteiger partial charge in [-0.25, -0.2) is 0 Å². The van der Waals surface area contributed by atoms with Crippen LogP contribution in [0.15, 0.2) is 24.8 Å². The molecule has 0 aliphatic carbocycles. The molecule has 0 bridgehead atoms. The van der Waals surface area contributed by atoms with Crippen LogP contribution in [0.2, 0.25) is 0 Å². The van der Waals surface area contributed by atoms with Crippen molar-refractivity contribution >= 4 is 5.57 Å². The van der Waals surface area contributed by atoms with Gasteiger partial charge < -0.3 is 10.2 Å². The Hall–Kier alpha value is -1.12. The summed E-state index contributed by atoms with van der Waals surface area (Å²) < 4.78 is 0. The van der Waals surface area contributed by atoms with Gasteiger partial charge in [0, 0.05) is 13.1 Å². The van der Waals surface area contributed by atoms with Crippen LogP contribution in [-0.2, 0) is 6.42 Å². The molecular formula is C18H30N2. The summed E-state index contributed by atoms with van der Waals surface area (Å²) in [6, 6.07) is 6.78. The molecule has 0 aliphatic heterocycles. The predicted molar refractivity (Wildman–Crippen MR) is 90.2 cm³/mol. The summed E-state index contributed by atoms with van der Waals surface area (Å²) in [5, 5.41) is 3.19. The van der Waals surface area contributed by atoms with Gasteiger partial charge in [-0.2, -0.15) is 0 Å². The average molecular weight is 274 g/mol. The molecule has 0 aliphatic rings. The van der Waals surface area contributed by atoms with Crippen LogP contribution in [0.25, 0.3) is 5.57 Å². The maximum absolute atomic E-state index is 4.21. The highest BCUT2D eigenvalue weighted by atomic mass is 15.1. The Morgan fingerprint density at radius 1 is 1.30 bits per heavy atom. The second kappa shape index (κ2) is 8.93. The number of benzene rings is 1. The van der Waals surface area contributed by atoms with Crippen molar-refractivity contribution in [2.45, 2.75) is 33.1 Å². The summed E-state index contributed by atoms with van der Waals surface area (Å²) >= 11 is 0. The lowest BCUT2D eigenvalue weighted by Gasteiger charge is -2.17. The van der Waals surface area contributed by atoms with E-state index in [0.717, 1.165) is 32.5 Å². The molecule has 1 aromatic rings. The lowest BCUT2D eigenvalue weighted by atomic mass is 9.94. The van der Waals surface area contributed by atoms with Gasteiger partial charge in [-0.1, -0.05) is 37.3 Å². The smallest absolute Gasteiger partial charge is 0.0104 e. The molecule has 0 spiro atoms. The quantitative estimate of drug-likeness (QED) is 0.741. The molecule has 0 saturated heterocycles. The van der Waals surface area contributed by atoms with Gasteiger partial charge in [0.05, 0.1) is 0 Å². The summed E-state index contributed by atoms with van der Waals surface area (Å²) in [5.41, 5.74) is 5.39. The van der Waals surface area contributed by atoms with Crippen LogP contribution in [-0.4, -0.2) is 38.6 Å². The van der Waals surface area contributed by atoms with Crippen LogP contribution < -0.4 is 5.32 Å². The minimum Gasteiger partial charge on any atom is -0.318 e. The largest absolute Gasteiger partial charge is 0.318 e. The van der Waals surface area contributed by atoms with Crippen molar-refractivity contribution in [3.05, 3.63) is 41.5 Å². The number of likely N-dealkylation sites (N-methyl/N-ethyl adjacent to an activating group) is 2. The first kappa shape index (κ1) is 16.9. The van der Waals surface area contributed by atoms with E-state index in [2.05, 4.69) is 55.9 Å². The molecule has 20 heavy (non-hydrogen) atoms. The van der Waals surface area contributed by atoms with E-state index in [1.165, 1.54) is 28.7 Å². The lowest BCUT2D eigenvalue weighted by Crippen LogP contribution is -2.28. The first-order chi connectivity index (χ1) is 9.58. The first-order valence-electron chi connectivity index (χ1n) is 7.69. The van der Waals surface area contributed by atoms with Crippen molar-refractivity contribution in [1.82, 2.24) is 10.2 Å². The highest BCUT2D eigenvalue weighted by Gasteiger charge is 2.06. The maximum atomic E-state index is 4.21. The van der Waals surface area contributed by atoms with Crippen LogP contribution in [0.3, 0.4) is 0 Å². The van der Waals surface area contributed by atoms with Crippen molar-refractivity contribution in [3.63, 3.8) is 0 Å². The van der Waals surface area contributed by atoms with Crippen LogP contribution in [0.1, 0.15) is 36.5 Å². The fourth-order valence-corrected chi connectivity index (χ4v) is 2.38. The molecule has 1 N–H and O–H groups in total. The number of hydrogen-bond acceptors (Lipinski definition) is 2. The monoisotopic (exact) mass is 274 g/mol. The normalized spacial score (nSPS) is 11.1. The second-order valence-corrected chi connectivity index (χ2v) is 5.63. The van der Waals surface area contributed by atoms with Crippen molar-refractivity contribution in [3.8, 4) is 0 Å². The van der Waals surface area contributed by atoms with Crippen LogP contribution in [0.5, 0.6) is 0 Å². The first-order valence-corrected chi connectivity index (χ1v) is 7.69. The number of rotatable bonds is 9. The molecule has 2 heteroatoms. The zero-order chi connectivity index (χ0) is 15.0. The Morgan fingerprint density at radius 2 is 2.05 bits per heavy atom. The summed E-state index contributed by atoms with van der Waals surface area (Å²) in [4.78, 5) is 2.39. The van der Waals surface area contributed by atoms with Crippen molar-refractivity contribution in [1.29, 1.82) is 0 Å². The fourth-order valence-electron chi connectivity index (χ4n) is 2.38. The number of allylic oxidation sites excluding steroid dienone is 1. The van der Waals surface area contributed by atoms with E-state index in [-0.39, 0.29) is 0 Å². The molecule has 1 rings (SSSR count). The Morgan fingerprint density at radius 3 is 2.70 bits per heavy atom. The number of aryl methyl sites for hydroxylation is 2. The van der Waals surface area contributed by atoms with E-state index in [1.807, 2.05) is 7.05 Å². The van der Waals surface area contributed by atoms with Crippen LogP contribution >= 0.6 is 0 Å². The highest BCUT2D eigenvalue weighted by molar-refractivity contribution is 5.66. The van der Waals surface area contributed by atoms with Gasteiger partial charge in [0.1, 0.15) is 0 Å². The third-order valence-electron chi connectivity index (χ3n) is 3.80. The summed E-state index contributed by atoms with van der Waals surface area (Å²) in [6.07, 6.45) is 3.37. The Kier molecular flexibility index (Phi) is 7.56. The van der Waals surface area contributed by atoms with Crippen molar-refractivity contribution < 1.29 is 0 Å². The van der Waals surface area contributed by atoms with Gasteiger partial charge in [0.15, 0.2) is 0 Å². The molecular weight excluding hydrogens is 244 g/mol. The Labute approximate surface area is 124 Å². The van der Waals surface area contributed by atoms with E-state index >= 15 is 0 Å². The van der Waals surface area contributed by atoms with E-state index in [4.69, 9.17) is 0 Å². The molecule has 0 aromatic heterocycles. The minimum absolute atomic E-state index is 1.03. The number of nitrogens with one attached hydrogen (secondary N) is 1. The SMILES string of the molecule is C=C(CC)c1cc(C)ccc1CCCN(C)CCNC. The fraction of sp³-hybridized carbons (Fsp3) is 0.556. The third kappa shape index (κ3) is 5.48. The van der Waals surface area contributed by atoms with Crippen molar-refractivity contribution in [2.24, 2.45) is 0 Å². The number of nitrogens with zero attached hydrogens (tertiary/aromatic N) is 1. The number of hydrogen-bond donors (Lipinski definition) is 1. The maximum Gasteiger partial charge on any atom is 0.0104 e. The standard InChI is InChI=1S/C18H30N2/c1-6-16(3)18-14-15(2)9-10-17(18)8-7-12-20(5)13-11-19-4/h9-10,14,19H,3,6-8,11-13H2,1-2,4-5H3. The minimum atomic E-state index is 1.03. The predicted octanol–water partition coefficient (Wildman–Crippen LogP) is 3.50. The third-order valence-corrected chi connectivity index (χ3v) is 3.80.